The van der Waals surface area contributed by atoms with Gasteiger partial charge in [-0.1, -0.05) is 22.0 Å². The molecule has 3 unspecified atom stereocenters. The molecule has 0 saturated carbocycles. The fourth-order valence-electron chi connectivity index (χ4n) is 3.78. The highest BCUT2D eigenvalue weighted by Crippen LogP contribution is 2.40. The molecule has 1 aromatic rings. The average molecular weight is 600 g/mol. The third kappa shape index (κ3) is 8.02. The van der Waals surface area contributed by atoms with Crippen molar-refractivity contribution < 1.29 is 38.1 Å². The highest BCUT2D eigenvalue weighted by atomic mass is 79.9. The lowest BCUT2D eigenvalue weighted by molar-refractivity contribution is -0.259. The second-order valence-corrected chi connectivity index (χ2v) is 13.8. The van der Waals surface area contributed by atoms with Gasteiger partial charge in [-0.05, 0) is 92.5 Å². The third-order valence-corrected chi connectivity index (χ3v) is 6.64. The van der Waals surface area contributed by atoms with Crippen molar-refractivity contribution in [1.82, 2.24) is 0 Å². The van der Waals surface area contributed by atoms with Crippen molar-refractivity contribution in [3.05, 3.63) is 33.8 Å². The summed E-state index contributed by atoms with van der Waals surface area (Å²) < 4.78 is 30.8. The molecule has 38 heavy (non-hydrogen) atoms. The van der Waals surface area contributed by atoms with E-state index >= 15 is 0 Å². The van der Waals surface area contributed by atoms with Gasteiger partial charge in [0.25, 0.3) is 0 Å². The molecule has 8 nitrogen and oxygen atoms in total. The third-order valence-electron chi connectivity index (χ3n) is 6.15. The van der Waals surface area contributed by atoms with E-state index in [1.165, 1.54) is 7.11 Å². The van der Waals surface area contributed by atoms with E-state index in [-0.39, 0.29) is 6.61 Å². The van der Waals surface area contributed by atoms with Crippen LogP contribution in [0.25, 0.3) is 0 Å². The molecule has 1 aromatic carbocycles. The molecule has 1 aliphatic heterocycles. The summed E-state index contributed by atoms with van der Waals surface area (Å²) in [7, 11) is 1.46. The van der Waals surface area contributed by atoms with E-state index in [2.05, 4.69) is 15.9 Å². The summed E-state index contributed by atoms with van der Waals surface area (Å²) in [5.74, 6) is -1.37. The van der Waals surface area contributed by atoms with Crippen molar-refractivity contribution in [2.24, 2.45) is 16.2 Å². The summed E-state index contributed by atoms with van der Waals surface area (Å²) in [6.07, 6.45) is -4.55. The quantitative estimate of drug-likeness (QED) is 0.303. The van der Waals surface area contributed by atoms with Gasteiger partial charge in [-0.15, -0.1) is 0 Å². The number of halogens is 1. The lowest BCUT2D eigenvalue weighted by Crippen LogP contribution is -2.60. The van der Waals surface area contributed by atoms with Crippen LogP contribution in [0.1, 0.15) is 79.5 Å². The monoisotopic (exact) mass is 598 g/mol. The van der Waals surface area contributed by atoms with E-state index in [9.17, 15) is 14.4 Å². The first-order valence-electron chi connectivity index (χ1n) is 12.8. The maximum atomic E-state index is 13.1. The molecule has 2 rings (SSSR count). The summed E-state index contributed by atoms with van der Waals surface area (Å²) in [5, 5.41) is 0. The first-order chi connectivity index (χ1) is 17.3. The van der Waals surface area contributed by atoms with Gasteiger partial charge in [-0.25, -0.2) is 0 Å². The van der Waals surface area contributed by atoms with Crippen molar-refractivity contribution in [3.8, 4) is 0 Å². The van der Waals surface area contributed by atoms with Crippen LogP contribution in [-0.4, -0.2) is 56.0 Å². The molecule has 5 atom stereocenters. The van der Waals surface area contributed by atoms with Crippen LogP contribution in [0.15, 0.2) is 22.7 Å². The van der Waals surface area contributed by atoms with Gasteiger partial charge in [0.1, 0.15) is 24.9 Å². The van der Waals surface area contributed by atoms with Gasteiger partial charge in [0.2, 0.25) is 0 Å². The number of aryl methyl sites for hydroxylation is 1. The van der Waals surface area contributed by atoms with Crippen LogP contribution >= 0.6 is 15.9 Å². The van der Waals surface area contributed by atoms with E-state index < -0.39 is 64.7 Å². The Morgan fingerprint density at radius 2 is 1.32 bits per heavy atom. The van der Waals surface area contributed by atoms with Crippen LogP contribution in [0.5, 0.6) is 0 Å². The predicted octanol–water partition coefficient (Wildman–Crippen LogP) is 5.72. The van der Waals surface area contributed by atoms with Crippen molar-refractivity contribution in [3.63, 3.8) is 0 Å². The Kier molecular flexibility index (Phi) is 10.2. The molecule has 0 radical (unpaired) electrons. The van der Waals surface area contributed by atoms with Crippen LogP contribution < -0.4 is 0 Å². The molecule has 1 aliphatic rings. The largest absolute Gasteiger partial charge is 0.462 e. The molecule has 1 fully saturated rings. The number of ether oxygens (including phenoxy) is 5. The Balaban J connectivity index is 2.63. The molecule has 9 heteroatoms. The van der Waals surface area contributed by atoms with Crippen molar-refractivity contribution >= 4 is 33.8 Å². The molecule has 0 aromatic heterocycles. The zero-order valence-corrected chi connectivity index (χ0v) is 26.1. The van der Waals surface area contributed by atoms with Crippen molar-refractivity contribution in [1.29, 1.82) is 0 Å². The van der Waals surface area contributed by atoms with Crippen LogP contribution in [-0.2, 0) is 38.1 Å². The van der Waals surface area contributed by atoms with Gasteiger partial charge in [-0.2, -0.15) is 0 Å². The number of carbonyl (C=O) groups is 3. The molecule has 0 amide bonds. The maximum absolute atomic E-state index is 13.1. The Morgan fingerprint density at radius 3 is 1.76 bits per heavy atom. The standard InChI is InChI=1S/C29H43BrO8/c1-16-14-17(30)12-13-18(16)20-22(37-25(32)28(5,6)7)23(38-26(33)29(8,9)10)21(34-11)19(36-20)15-35-24(31)27(2,3)4/h12-14,19-23H,15H2,1-11H3/t19?,20-,21-,22?,23?/m1/s1. The average Bonchev–Trinajstić information content (AvgIpc) is 2.76. The van der Waals surface area contributed by atoms with Gasteiger partial charge < -0.3 is 23.7 Å². The number of esters is 3. The lowest BCUT2D eigenvalue weighted by atomic mass is 9.87. The Hall–Kier alpha value is -1.97. The first-order valence-corrected chi connectivity index (χ1v) is 13.6. The van der Waals surface area contributed by atoms with Gasteiger partial charge in [0.05, 0.1) is 16.2 Å². The zero-order chi connectivity index (χ0) is 29.2. The summed E-state index contributed by atoms with van der Waals surface area (Å²) in [6, 6.07) is 5.66. The van der Waals surface area contributed by atoms with Crippen LogP contribution in [0.3, 0.4) is 0 Å². The van der Waals surface area contributed by atoms with E-state index in [1.807, 2.05) is 25.1 Å². The molecule has 1 heterocycles. The number of rotatable bonds is 6. The molecule has 0 spiro atoms. The van der Waals surface area contributed by atoms with Crippen LogP contribution in [0, 0.1) is 23.2 Å². The molecule has 1 saturated heterocycles. The second kappa shape index (κ2) is 12.0. The molecular formula is C29H43BrO8. The van der Waals surface area contributed by atoms with Crippen LogP contribution in [0.4, 0.5) is 0 Å². The SMILES string of the molecule is CO[C@@H]1C(COC(=O)C(C)(C)C)O[C@H](c2ccc(Br)cc2C)C(OC(=O)C(C)(C)C)C1OC(=O)C(C)(C)C. The molecule has 0 N–H and O–H groups in total. The van der Waals surface area contributed by atoms with Gasteiger partial charge in [-0.3, -0.25) is 14.4 Å². The number of hydrogen-bond acceptors (Lipinski definition) is 8. The van der Waals surface area contributed by atoms with Crippen LogP contribution in [0.2, 0.25) is 0 Å². The highest BCUT2D eigenvalue weighted by molar-refractivity contribution is 9.10. The fraction of sp³-hybridized carbons (Fsp3) is 0.690. The predicted molar refractivity (Wildman–Crippen MR) is 146 cm³/mol. The second-order valence-electron chi connectivity index (χ2n) is 12.9. The van der Waals surface area contributed by atoms with Crippen molar-refractivity contribution in [2.45, 2.75) is 99.8 Å². The molecule has 0 bridgehead atoms. The minimum absolute atomic E-state index is 0.135. The summed E-state index contributed by atoms with van der Waals surface area (Å²) in [4.78, 5) is 38.9. The van der Waals surface area contributed by atoms with Gasteiger partial charge in [0.15, 0.2) is 12.2 Å². The first kappa shape index (κ1) is 32.2. The van der Waals surface area contributed by atoms with E-state index in [0.29, 0.717) is 0 Å². The van der Waals surface area contributed by atoms with E-state index in [1.54, 1.807) is 62.3 Å². The number of carbonyl (C=O) groups excluding carboxylic acids is 3. The highest BCUT2D eigenvalue weighted by Gasteiger charge is 2.53. The maximum Gasteiger partial charge on any atom is 0.311 e. The summed E-state index contributed by atoms with van der Waals surface area (Å²) in [6.45, 7) is 17.5. The smallest absolute Gasteiger partial charge is 0.311 e. The van der Waals surface area contributed by atoms with Gasteiger partial charge in [0, 0.05) is 11.6 Å². The van der Waals surface area contributed by atoms with E-state index in [0.717, 1.165) is 15.6 Å². The molecule has 214 valence electrons. The Bertz CT molecular complexity index is 1010. The number of methoxy groups -OCH3 is 1. The zero-order valence-electron chi connectivity index (χ0n) is 24.5. The minimum atomic E-state index is -1.03. The number of hydrogen-bond donors (Lipinski definition) is 0. The van der Waals surface area contributed by atoms with Crippen molar-refractivity contribution in [2.75, 3.05) is 13.7 Å². The Labute approximate surface area is 235 Å². The minimum Gasteiger partial charge on any atom is -0.462 e. The topological polar surface area (TPSA) is 97.4 Å². The normalized spacial score (nSPS) is 24.5. The van der Waals surface area contributed by atoms with E-state index in [4.69, 9.17) is 23.7 Å². The fourth-order valence-corrected chi connectivity index (χ4v) is 4.26. The molecule has 0 aliphatic carbocycles. The summed E-state index contributed by atoms with van der Waals surface area (Å²) >= 11 is 3.49. The summed E-state index contributed by atoms with van der Waals surface area (Å²) in [5.41, 5.74) is -0.741. The van der Waals surface area contributed by atoms with Gasteiger partial charge >= 0.3 is 17.9 Å². The Morgan fingerprint density at radius 1 is 0.816 bits per heavy atom. The number of benzene rings is 1. The lowest BCUT2D eigenvalue weighted by Gasteiger charge is -2.46. The molecular weight excluding hydrogens is 556 g/mol.